The summed E-state index contributed by atoms with van der Waals surface area (Å²) in [6, 6.07) is 15.2. The van der Waals surface area contributed by atoms with Crippen molar-refractivity contribution in [2.45, 2.75) is 25.5 Å². The van der Waals surface area contributed by atoms with Gasteiger partial charge >= 0.3 is 0 Å². The predicted molar refractivity (Wildman–Crippen MR) is 88.1 cm³/mol. The highest BCUT2D eigenvalue weighted by molar-refractivity contribution is 5.85. The first kappa shape index (κ1) is 17.5. The summed E-state index contributed by atoms with van der Waals surface area (Å²) in [5.74, 6) is 0.832. The van der Waals surface area contributed by atoms with Crippen LogP contribution in [0.3, 0.4) is 0 Å². The first-order valence-electron chi connectivity index (χ1n) is 6.74. The highest BCUT2D eigenvalue weighted by atomic mass is 35.5. The molecular weight excluding hydrogens is 286 g/mol. The molecule has 3 N–H and O–H groups in total. The summed E-state index contributed by atoms with van der Waals surface area (Å²) in [6.45, 7) is 1.97. The van der Waals surface area contributed by atoms with E-state index < -0.39 is 12.1 Å². The van der Waals surface area contributed by atoms with Crippen molar-refractivity contribution in [3.05, 3.63) is 65.2 Å². The van der Waals surface area contributed by atoms with Crippen molar-refractivity contribution in [1.82, 2.24) is 0 Å². The monoisotopic (exact) mass is 307 g/mol. The summed E-state index contributed by atoms with van der Waals surface area (Å²) in [7, 11) is 1.65. The van der Waals surface area contributed by atoms with E-state index in [2.05, 4.69) is 0 Å². The van der Waals surface area contributed by atoms with E-state index in [0.717, 1.165) is 22.4 Å². The van der Waals surface area contributed by atoms with Gasteiger partial charge in [-0.25, -0.2) is 0 Å². The molecule has 2 rings (SSSR count). The average Bonchev–Trinajstić information content (AvgIpc) is 2.47. The van der Waals surface area contributed by atoms with Crippen molar-refractivity contribution in [2.24, 2.45) is 5.73 Å². The molecule has 0 saturated carbocycles. The Labute approximate surface area is 132 Å². The number of rotatable bonds is 5. The Kier molecular flexibility index (Phi) is 6.69. The molecule has 0 amide bonds. The second-order valence-corrected chi connectivity index (χ2v) is 5.01. The number of ether oxygens (including phenoxy) is 1. The van der Waals surface area contributed by atoms with Gasteiger partial charge in [0, 0.05) is 6.42 Å². The third kappa shape index (κ3) is 4.46. The average molecular weight is 308 g/mol. The van der Waals surface area contributed by atoms with Crippen molar-refractivity contribution < 1.29 is 9.84 Å². The molecule has 0 aromatic heterocycles. The largest absolute Gasteiger partial charge is 0.496 e. The first-order valence-corrected chi connectivity index (χ1v) is 6.74. The molecule has 2 aromatic carbocycles. The van der Waals surface area contributed by atoms with Gasteiger partial charge in [-0.2, -0.15) is 0 Å². The molecule has 0 saturated heterocycles. The number of halogens is 1. The van der Waals surface area contributed by atoms with Gasteiger partial charge < -0.3 is 15.6 Å². The van der Waals surface area contributed by atoms with Gasteiger partial charge in [0.15, 0.2) is 0 Å². The first-order chi connectivity index (χ1) is 9.61. The van der Waals surface area contributed by atoms with Crippen LogP contribution in [0.1, 0.15) is 22.7 Å². The van der Waals surface area contributed by atoms with Gasteiger partial charge in [0.05, 0.1) is 19.3 Å². The van der Waals surface area contributed by atoms with Crippen LogP contribution in [0, 0.1) is 6.92 Å². The number of hydrogen-bond donors (Lipinski definition) is 2. The van der Waals surface area contributed by atoms with E-state index in [1.54, 1.807) is 7.11 Å². The molecule has 0 spiro atoms. The maximum absolute atomic E-state index is 10.3. The van der Waals surface area contributed by atoms with E-state index in [1.807, 2.05) is 55.5 Å². The second-order valence-electron chi connectivity index (χ2n) is 5.01. The number of aliphatic hydroxyl groups excluding tert-OH is 1. The van der Waals surface area contributed by atoms with Crippen LogP contribution in [0.2, 0.25) is 0 Å². The molecule has 0 fully saturated rings. The maximum Gasteiger partial charge on any atom is 0.121 e. The summed E-state index contributed by atoms with van der Waals surface area (Å²) in [4.78, 5) is 0. The number of aliphatic hydroxyl groups is 1. The van der Waals surface area contributed by atoms with Gasteiger partial charge in [0.2, 0.25) is 0 Å². The van der Waals surface area contributed by atoms with E-state index in [4.69, 9.17) is 10.5 Å². The quantitative estimate of drug-likeness (QED) is 0.892. The molecule has 3 nitrogen and oxygen atoms in total. The van der Waals surface area contributed by atoms with Gasteiger partial charge in [-0.15, -0.1) is 12.4 Å². The van der Waals surface area contributed by atoms with Crippen LogP contribution < -0.4 is 10.5 Å². The third-order valence-electron chi connectivity index (χ3n) is 3.51. The topological polar surface area (TPSA) is 55.5 Å². The Morgan fingerprint density at radius 3 is 2.38 bits per heavy atom. The highest BCUT2D eigenvalue weighted by Gasteiger charge is 2.18. The minimum absolute atomic E-state index is 0. The standard InChI is InChI=1S/C17H21NO2.ClH/c1-12-10-14(8-9-16(12)20-2)17(18)15(19)11-13-6-4-3-5-7-13;/h3-10,15,17,19H,11,18H2,1-2H3;1H/t15-,17+;/m0./s1. The zero-order valence-electron chi connectivity index (χ0n) is 12.3. The van der Waals surface area contributed by atoms with Gasteiger partial charge in [-0.1, -0.05) is 42.5 Å². The van der Waals surface area contributed by atoms with Crippen molar-refractivity contribution in [3.63, 3.8) is 0 Å². The fourth-order valence-corrected chi connectivity index (χ4v) is 2.31. The summed E-state index contributed by atoms with van der Waals surface area (Å²) >= 11 is 0. The van der Waals surface area contributed by atoms with Crippen LogP contribution in [0.4, 0.5) is 0 Å². The molecule has 114 valence electrons. The lowest BCUT2D eigenvalue weighted by Crippen LogP contribution is -2.28. The van der Waals surface area contributed by atoms with Gasteiger partial charge in [-0.3, -0.25) is 0 Å². The Morgan fingerprint density at radius 1 is 1.14 bits per heavy atom. The van der Waals surface area contributed by atoms with Crippen LogP contribution in [0.25, 0.3) is 0 Å². The molecule has 0 aliphatic rings. The lowest BCUT2D eigenvalue weighted by Gasteiger charge is -2.20. The molecule has 2 aromatic rings. The Hall–Kier alpha value is -1.55. The van der Waals surface area contributed by atoms with Crippen molar-refractivity contribution >= 4 is 12.4 Å². The molecular formula is C17H22ClNO2. The fourth-order valence-electron chi connectivity index (χ4n) is 2.31. The Bertz CT molecular complexity index is 560. The molecule has 0 radical (unpaired) electrons. The summed E-state index contributed by atoms with van der Waals surface area (Å²) in [5, 5.41) is 10.3. The van der Waals surface area contributed by atoms with Crippen molar-refractivity contribution in [1.29, 1.82) is 0 Å². The summed E-state index contributed by atoms with van der Waals surface area (Å²) in [5.41, 5.74) is 9.18. The number of methoxy groups -OCH3 is 1. The fraction of sp³-hybridized carbons (Fsp3) is 0.294. The predicted octanol–water partition coefficient (Wildman–Crippen LogP) is 3.03. The number of nitrogens with two attached hydrogens (primary N) is 1. The van der Waals surface area contributed by atoms with E-state index >= 15 is 0 Å². The third-order valence-corrected chi connectivity index (χ3v) is 3.51. The van der Waals surface area contributed by atoms with E-state index in [0.29, 0.717) is 6.42 Å². The normalized spacial score (nSPS) is 13.1. The zero-order chi connectivity index (χ0) is 14.5. The second kappa shape index (κ2) is 8.03. The minimum Gasteiger partial charge on any atom is -0.496 e. The molecule has 0 unspecified atom stereocenters. The lowest BCUT2D eigenvalue weighted by atomic mass is 9.95. The molecule has 0 aliphatic heterocycles. The number of benzene rings is 2. The van der Waals surface area contributed by atoms with E-state index in [9.17, 15) is 5.11 Å². The van der Waals surface area contributed by atoms with Crippen LogP contribution in [-0.2, 0) is 6.42 Å². The van der Waals surface area contributed by atoms with E-state index in [-0.39, 0.29) is 12.4 Å². The van der Waals surface area contributed by atoms with Crippen LogP contribution in [0.5, 0.6) is 5.75 Å². The van der Waals surface area contributed by atoms with Gasteiger partial charge in [0.25, 0.3) is 0 Å². The molecule has 0 bridgehead atoms. The van der Waals surface area contributed by atoms with Crippen LogP contribution in [-0.4, -0.2) is 18.3 Å². The zero-order valence-corrected chi connectivity index (χ0v) is 13.1. The molecule has 21 heavy (non-hydrogen) atoms. The van der Waals surface area contributed by atoms with E-state index in [1.165, 1.54) is 0 Å². The van der Waals surface area contributed by atoms with Gasteiger partial charge in [0.1, 0.15) is 5.75 Å². The molecule has 0 heterocycles. The number of hydrogen-bond acceptors (Lipinski definition) is 3. The van der Waals surface area contributed by atoms with Crippen LogP contribution >= 0.6 is 12.4 Å². The van der Waals surface area contributed by atoms with Crippen LogP contribution in [0.15, 0.2) is 48.5 Å². The molecule has 4 heteroatoms. The van der Waals surface area contributed by atoms with Crippen molar-refractivity contribution in [2.75, 3.05) is 7.11 Å². The Balaban J connectivity index is 0.00000220. The number of aryl methyl sites for hydroxylation is 1. The summed E-state index contributed by atoms with van der Waals surface area (Å²) in [6.07, 6.45) is -0.0576. The van der Waals surface area contributed by atoms with Crippen molar-refractivity contribution in [3.8, 4) is 5.75 Å². The lowest BCUT2D eigenvalue weighted by molar-refractivity contribution is 0.145. The summed E-state index contributed by atoms with van der Waals surface area (Å²) < 4.78 is 5.23. The molecule has 0 aliphatic carbocycles. The highest BCUT2D eigenvalue weighted by Crippen LogP contribution is 2.24. The SMILES string of the molecule is COc1ccc([C@@H](N)[C@@H](O)Cc2ccccc2)cc1C.Cl. The minimum atomic E-state index is -0.606. The Morgan fingerprint density at radius 2 is 1.81 bits per heavy atom. The smallest absolute Gasteiger partial charge is 0.121 e. The van der Waals surface area contributed by atoms with Gasteiger partial charge in [-0.05, 0) is 29.7 Å². The molecule has 2 atom stereocenters. The maximum atomic E-state index is 10.3.